The lowest BCUT2D eigenvalue weighted by atomic mass is 10.1. The van der Waals surface area contributed by atoms with Gasteiger partial charge in [-0.2, -0.15) is 5.10 Å². The molecule has 2 aromatic heterocycles. The van der Waals surface area contributed by atoms with Gasteiger partial charge in [0.2, 0.25) is 0 Å². The molecular formula is C12H16N4. The fourth-order valence-electron chi connectivity index (χ4n) is 1.50. The molecule has 16 heavy (non-hydrogen) atoms. The standard InChI is InChI=1S/C12H16N4/c1-9-6-7-16(15-9)12-5-4-11(8-14-12)10(2)13-3/h4-8,10,13H,1-3H3. The molecule has 0 amide bonds. The second-order valence-corrected chi connectivity index (χ2v) is 3.86. The first-order valence-corrected chi connectivity index (χ1v) is 5.36. The van der Waals surface area contributed by atoms with Crippen molar-refractivity contribution in [1.82, 2.24) is 20.1 Å². The van der Waals surface area contributed by atoms with Crippen LogP contribution >= 0.6 is 0 Å². The molecule has 4 heteroatoms. The molecule has 0 aliphatic rings. The molecule has 4 nitrogen and oxygen atoms in total. The van der Waals surface area contributed by atoms with Gasteiger partial charge in [0.25, 0.3) is 0 Å². The van der Waals surface area contributed by atoms with E-state index in [9.17, 15) is 0 Å². The summed E-state index contributed by atoms with van der Waals surface area (Å²) >= 11 is 0. The Labute approximate surface area is 95.3 Å². The van der Waals surface area contributed by atoms with Crippen LogP contribution in [0.1, 0.15) is 24.2 Å². The maximum atomic E-state index is 4.39. The van der Waals surface area contributed by atoms with Crippen LogP contribution in [0.2, 0.25) is 0 Å². The van der Waals surface area contributed by atoms with E-state index in [1.165, 1.54) is 5.56 Å². The van der Waals surface area contributed by atoms with E-state index in [1.807, 2.05) is 38.5 Å². The summed E-state index contributed by atoms with van der Waals surface area (Å²) in [7, 11) is 1.94. The minimum absolute atomic E-state index is 0.320. The topological polar surface area (TPSA) is 42.7 Å². The van der Waals surface area contributed by atoms with Crippen LogP contribution < -0.4 is 5.32 Å². The van der Waals surface area contributed by atoms with E-state index in [1.54, 1.807) is 4.68 Å². The van der Waals surface area contributed by atoms with E-state index in [0.29, 0.717) is 6.04 Å². The molecule has 0 bridgehead atoms. The van der Waals surface area contributed by atoms with Crippen molar-refractivity contribution in [2.45, 2.75) is 19.9 Å². The molecule has 0 radical (unpaired) electrons. The molecule has 1 atom stereocenters. The predicted octanol–water partition coefficient (Wildman–Crippen LogP) is 1.86. The second-order valence-electron chi connectivity index (χ2n) is 3.86. The van der Waals surface area contributed by atoms with Crippen molar-refractivity contribution in [3.8, 4) is 5.82 Å². The summed E-state index contributed by atoms with van der Waals surface area (Å²) in [5.74, 6) is 0.847. The summed E-state index contributed by atoms with van der Waals surface area (Å²) < 4.78 is 1.78. The average Bonchev–Trinajstić information content (AvgIpc) is 2.75. The van der Waals surface area contributed by atoms with E-state index in [-0.39, 0.29) is 0 Å². The molecule has 1 unspecified atom stereocenters. The third kappa shape index (κ3) is 2.12. The Morgan fingerprint density at radius 3 is 2.62 bits per heavy atom. The smallest absolute Gasteiger partial charge is 0.153 e. The first-order chi connectivity index (χ1) is 7.70. The summed E-state index contributed by atoms with van der Waals surface area (Å²) in [6, 6.07) is 6.34. The van der Waals surface area contributed by atoms with Crippen LogP contribution in [0.5, 0.6) is 0 Å². The molecule has 1 N–H and O–H groups in total. The van der Waals surface area contributed by atoms with Gasteiger partial charge in [-0.05, 0) is 38.6 Å². The second kappa shape index (κ2) is 4.45. The third-order valence-electron chi connectivity index (χ3n) is 2.66. The molecule has 0 saturated heterocycles. The molecule has 2 heterocycles. The van der Waals surface area contributed by atoms with E-state index in [0.717, 1.165) is 11.5 Å². The normalized spacial score (nSPS) is 12.7. The van der Waals surface area contributed by atoms with Crippen molar-refractivity contribution in [3.05, 3.63) is 41.9 Å². The van der Waals surface area contributed by atoms with E-state index in [4.69, 9.17) is 0 Å². The van der Waals surface area contributed by atoms with E-state index in [2.05, 4.69) is 28.4 Å². The number of hydrogen-bond acceptors (Lipinski definition) is 3. The highest BCUT2D eigenvalue weighted by molar-refractivity contribution is 5.26. The number of aryl methyl sites for hydroxylation is 1. The number of aromatic nitrogens is 3. The van der Waals surface area contributed by atoms with Crippen molar-refractivity contribution < 1.29 is 0 Å². The highest BCUT2D eigenvalue weighted by atomic mass is 15.3. The zero-order valence-corrected chi connectivity index (χ0v) is 9.81. The van der Waals surface area contributed by atoms with E-state index < -0.39 is 0 Å². The molecule has 0 aromatic carbocycles. The highest BCUT2D eigenvalue weighted by Crippen LogP contribution is 2.12. The number of nitrogens with one attached hydrogen (secondary N) is 1. The Morgan fingerprint density at radius 2 is 2.12 bits per heavy atom. The number of pyridine rings is 1. The molecule has 2 aromatic rings. The SMILES string of the molecule is CNC(C)c1ccc(-n2ccc(C)n2)nc1. The number of rotatable bonds is 3. The molecule has 84 valence electrons. The summed E-state index contributed by atoms with van der Waals surface area (Å²) in [6.45, 7) is 4.07. The van der Waals surface area contributed by atoms with Crippen molar-refractivity contribution in [3.63, 3.8) is 0 Å². The Bertz CT molecular complexity index is 458. The first-order valence-electron chi connectivity index (χ1n) is 5.36. The Kier molecular flexibility index (Phi) is 3.01. The van der Waals surface area contributed by atoms with Gasteiger partial charge >= 0.3 is 0 Å². The maximum absolute atomic E-state index is 4.39. The summed E-state index contributed by atoms with van der Waals surface area (Å²) in [5, 5.41) is 7.50. The van der Waals surface area contributed by atoms with Crippen molar-refractivity contribution in [2.75, 3.05) is 7.05 Å². The third-order valence-corrected chi connectivity index (χ3v) is 2.66. The van der Waals surface area contributed by atoms with Crippen LogP contribution in [-0.2, 0) is 0 Å². The molecule has 2 rings (SSSR count). The fourth-order valence-corrected chi connectivity index (χ4v) is 1.50. The van der Waals surface area contributed by atoms with Crippen LogP contribution in [0.4, 0.5) is 0 Å². The van der Waals surface area contributed by atoms with Gasteiger partial charge in [-0.1, -0.05) is 6.07 Å². The molecule has 0 aliphatic heterocycles. The number of hydrogen-bond donors (Lipinski definition) is 1. The first kappa shape index (κ1) is 10.8. The zero-order chi connectivity index (χ0) is 11.5. The minimum atomic E-state index is 0.320. The van der Waals surface area contributed by atoms with Crippen LogP contribution in [-0.4, -0.2) is 21.8 Å². The Hall–Kier alpha value is -1.68. The lowest BCUT2D eigenvalue weighted by Crippen LogP contribution is -2.12. The van der Waals surface area contributed by atoms with Gasteiger partial charge in [0, 0.05) is 18.4 Å². The van der Waals surface area contributed by atoms with Gasteiger partial charge in [0.05, 0.1) is 5.69 Å². The Balaban J connectivity index is 2.25. The van der Waals surface area contributed by atoms with Crippen LogP contribution in [0, 0.1) is 6.92 Å². The quantitative estimate of drug-likeness (QED) is 0.851. The van der Waals surface area contributed by atoms with Crippen LogP contribution in [0.15, 0.2) is 30.6 Å². The van der Waals surface area contributed by atoms with Crippen molar-refractivity contribution in [2.24, 2.45) is 0 Å². The van der Waals surface area contributed by atoms with E-state index >= 15 is 0 Å². The number of nitrogens with zero attached hydrogens (tertiary/aromatic N) is 3. The lowest BCUT2D eigenvalue weighted by Gasteiger charge is -2.10. The van der Waals surface area contributed by atoms with Crippen molar-refractivity contribution in [1.29, 1.82) is 0 Å². The van der Waals surface area contributed by atoms with Gasteiger partial charge in [-0.3, -0.25) is 0 Å². The summed E-state index contributed by atoms with van der Waals surface area (Å²) in [6.07, 6.45) is 3.80. The van der Waals surface area contributed by atoms with Crippen LogP contribution in [0.25, 0.3) is 5.82 Å². The summed E-state index contributed by atoms with van der Waals surface area (Å²) in [4.78, 5) is 4.39. The van der Waals surface area contributed by atoms with Crippen LogP contribution in [0.3, 0.4) is 0 Å². The van der Waals surface area contributed by atoms with Crippen molar-refractivity contribution >= 4 is 0 Å². The zero-order valence-electron chi connectivity index (χ0n) is 9.81. The average molecular weight is 216 g/mol. The maximum Gasteiger partial charge on any atom is 0.153 e. The Morgan fingerprint density at radius 1 is 1.31 bits per heavy atom. The predicted molar refractivity (Wildman–Crippen MR) is 63.6 cm³/mol. The van der Waals surface area contributed by atoms with Gasteiger partial charge in [0.1, 0.15) is 0 Å². The molecular weight excluding hydrogens is 200 g/mol. The van der Waals surface area contributed by atoms with Gasteiger partial charge in [-0.25, -0.2) is 9.67 Å². The minimum Gasteiger partial charge on any atom is -0.313 e. The fraction of sp³-hybridized carbons (Fsp3) is 0.333. The molecule has 0 spiro atoms. The monoisotopic (exact) mass is 216 g/mol. The largest absolute Gasteiger partial charge is 0.313 e. The lowest BCUT2D eigenvalue weighted by molar-refractivity contribution is 0.648. The molecule has 0 fully saturated rings. The van der Waals surface area contributed by atoms with Gasteiger partial charge in [-0.15, -0.1) is 0 Å². The van der Waals surface area contributed by atoms with Gasteiger partial charge < -0.3 is 5.32 Å². The molecule has 0 saturated carbocycles. The highest BCUT2D eigenvalue weighted by Gasteiger charge is 2.04. The summed E-state index contributed by atoms with van der Waals surface area (Å²) in [5.41, 5.74) is 2.17. The molecule has 0 aliphatic carbocycles. The van der Waals surface area contributed by atoms with Gasteiger partial charge in [0.15, 0.2) is 5.82 Å².